The molecule has 0 fully saturated rings. The smallest absolute Gasteiger partial charge is 0.195 e. The molecule has 0 saturated carbocycles. The zero-order chi connectivity index (χ0) is 21.4. The third kappa shape index (κ3) is 4.44. The molecule has 6 nitrogen and oxygen atoms in total. The molecule has 1 aliphatic rings. The predicted octanol–water partition coefficient (Wildman–Crippen LogP) is 2.06. The molecule has 0 aliphatic heterocycles. The highest BCUT2D eigenvalue weighted by atomic mass is 16.7. The van der Waals surface area contributed by atoms with Crippen molar-refractivity contribution in [2.45, 2.75) is 5.60 Å². The van der Waals surface area contributed by atoms with E-state index in [0.717, 1.165) is 0 Å². The largest absolute Gasteiger partial charge is 0.369 e. The van der Waals surface area contributed by atoms with Crippen LogP contribution in [0.3, 0.4) is 0 Å². The van der Waals surface area contributed by atoms with E-state index in [-0.39, 0.29) is 32.6 Å². The molecule has 1 N–H and O–H groups in total. The Kier molecular flexibility index (Phi) is 7.37. The molecule has 3 rings (SSSR count). The summed E-state index contributed by atoms with van der Waals surface area (Å²) in [5.74, 6) is 11.3. The number of hydrogen-bond acceptors (Lipinski definition) is 6. The number of ether oxygens (including phenoxy) is 4. The number of methoxy groups -OCH3 is 2. The van der Waals surface area contributed by atoms with Crippen LogP contribution in [-0.2, 0) is 24.5 Å². The molecular formula is C24H22O6. The van der Waals surface area contributed by atoms with Crippen LogP contribution in [0.1, 0.15) is 32.6 Å². The summed E-state index contributed by atoms with van der Waals surface area (Å²) in [5, 5.41) is 11.6. The van der Waals surface area contributed by atoms with Crippen LogP contribution in [0.5, 0.6) is 0 Å². The average molecular weight is 406 g/mol. The van der Waals surface area contributed by atoms with E-state index in [9.17, 15) is 9.90 Å². The van der Waals surface area contributed by atoms with E-state index in [2.05, 4.69) is 23.7 Å². The van der Waals surface area contributed by atoms with Crippen molar-refractivity contribution in [2.75, 3.05) is 41.0 Å². The summed E-state index contributed by atoms with van der Waals surface area (Å²) in [4.78, 5) is 13.2. The van der Waals surface area contributed by atoms with Crippen molar-refractivity contribution in [3.63, 3.8) is 0 Å². The summed E-state index contributed by atoms with van der Waals surface area (Å²) in [6, 6.07) is 12.1. The van der Waals surface area contributed by atoms with Gasteiger partial charge < -0.3 is 24.1 Å². The minimum absolute atomic E-state index is 0.0813. The van der Waals surface area contributed by atoms with Gasteiger partial charge in [-0.25, -0.2) is 0 Å². The second-order valence-electron chi connectivity index (χ2n) is 6.43. The highest BCUT2D eigenvalue weighted by Gasteiger charge is 2.42. The van der Waals surface area contributed by atoms with Crippen LogP contribution in [0.2, 0.25) is 0 Å². The van der Waals surface area contributed by atoms with E-state index in [1.54, 1.807) is 42.5 Å². The molecule has 0 saturated heterocycles. The van der Waals surface area contributed by atoms with Gasteiger partial charge in [-0.3, -0.25) is 4.79 Å². The molecule has 1 unspecified atom stereocenters. The van der Waals surface area contributed by atoms with Crippen molar-refractivity contribution in [3.05, 3.63) is 70.3 Å². The molecule has 154 valence electrons. The summed E-state index contributed by atoms with van der Waals surface area (Å²) in [7, 11) is 3.04. The van der Waals surface area contributed by atoms with E-state index in [1.807, 2.05) is 0 Å². The normalized spacial score (nSPS) is 16.6. The van der Waals surface area contributed by atoms with E-state index in [1.165, 1.54) is 14.2 Å². The Hall–Kier alpha value is -2.97. The molecule has 0 aromatic heterocycles. The first-order valence-corrected chi connectivity index (χ1v) is 9.25. The van der Waals surface area contributed by atoms with Crippen molar-refractivity contribution in [3.8, 4) is 23.7 Å². The average Bonchev–Trinajstić information content (AvgIpc) is 2.77. The van der Waals surface area contributed by atoms with Crippen LogP contribution >= 0.6 is 0 Å². The lowest BCUT2D eigenvalue weighted by Gasteiger charge is -2.32. The highest BCUT2D eigenvalue weighted by Crippen LogP contribution is 2.40. The molecule has 0 heterocycles. The second-order valence-corrected chi connectivity index (χ2v) is 6.43. The van der Waals surface area contributed by atoms with Crippen molar-refractivity contribution in [2.24, 2.45) is 0 Å². The summed E-state index contributed by atoms with van der Waals surface area (Å²) in [6.45, 7) is 0.471. The summed E-state index contributed by atoms with van der Waals surface area (Å²) in [6.07, 6.45) is 0. The van der Waals surface area contributed by atoms with Gasteiger partial charge in [0.2, 0.25) is 0 Å². The SMILES string of the molecule is COCOCC#Cc1cccc2c1C(=O)c1ccccc1C2(O)C#CCOCOC. The third-order valence-corrected chi connectivity index (χ3v) is 4.49. The molecule has 2 aromatic rings. The fraction of sp³-hybridized carbons (Fsp3) is 0.292. The zero-order valence-electron chi connectivity index (χ0n) is 16.9. The molecule has 0 bridgehead atoms. The van der Waals surface area contributed by atoms with Gasteiger partial charge in [0.05, 0.1) is 0 Å². The molecule has 0 radical (unpaired) electrons. The number of fused-ring (bicyclic) bond motifs is 2. The second kappa shape index (κ2) is 10.2. The van der Waals surface area contributed by atoms with Gasteiger partial charge >= 0.3 is 0 Å². The van der Waals surface area contributed by atoms with Gasteiger partial charge in [0.1, 0.15) is 26.8 Å². The monoisotopic (exact) mass is 406 g/mol. The molecule has 6 heteroatoms. The van der Waals surface area contributed by atoms with Gasteiger partial charge in [0.25, 0.3) is 0 Å². The van der Waals surface area contributed by atoms with Crippen molar-refractivity contribution < 1.29 is 28.8 Å². The molecule has 0 spiro atoms. The predicted molar refractivity (Wildman–Crippen MR) is 110 cm³/mol. The molecule has 1 atom stereocenters. The van der Waals surface area contributed by atoms with Gasteiger partial charge in [-0.05, 0) is 6.07 Å². The molecule has 1 aliphatic carbocycles. The van der Waals surface area contributed by atoms with Crippen LogP contribution < -0.4 is 0 Å². The van der Waals surface area contributed by atoms with Crippen LogP contribution in [-0.4, -0.2) is 51.9 Å². The highest BCUT2D eigenvalue weighted by molar-refractivity contribution is 6.14. The summed E-state index contributed by atoms with van der Waals surface area (Å²) < 4.78 is 20.0. The molecule has 2 aromatic carbocycles. The molecule has 0 amide bonds. The van der Waals surface area contributed by atoms with Crippen LogP contribution in [0.25, 0.3) is 0 Å². The summed E-state index contributed by atoms with van der Waals surface area (Å²) >= 11 is 0. The van der Waals surface area contributed by atoms with Crippen molar-refractivity contribution in [1.82, 2.24) is 0 Å². The van der Waals surface area contributed by atoms with E-state index in [4.69, 9.17) is 18.9 Å². The number of ketones is 1. The van der Waals surface area contributed by atoms with E-state index >= 15 is 0 Å². The van der Waals surface area contributed by atoms with Gasteiger partial charge in [0.15, 0.2) is 11.4 Å². The van der Waals surface area contributed by atoms with E-state index < -0.39 is 5.60 Å². The summed E-state index contributed by atoms with van der Waals surface area (Å²) in [5.41, 5.74) is 0.407. The molecular weight excluding hydrogens is 384 g/mol. The van der Waals surface area contributed by atoms with Crippen molar-refractivity contribution >= 4 is 5.78 Å². The van der Waals surface area contributed by atoms with E-state index in [0.29, 0.717) is 27.8 Å². The number of carbonyl (C=O) groups excluding carboxylic acids is 1. The number of aliphatic hydroxyl groups is 1. The van der Waals surface area contributed by atoms with Crippen LogP contribution in [0.15, 0.2) is 42.5 Å². The van der Waals surface area contributed by atoms with Gasteiger partial charge in [-0.15, -0.1) is 0 Å². The first-order valence-electron chi connectivity index (χ1n) is 9.25. The van der Waals surface area contributed by atoms with Gasteiger partial charge in [-0.1, -0.05) is 60.1 Å². The third-order valence-electron chi connectivity index (χ3n) is 4.49. The minimum Gasteiger partial charge on any atom is -0.369 e. The van der Waals surface area contributed by atoms with Crippen LogP contribution in [0.4, 0.5) is 0 Å². The Morgan fingerprint density at radius 2 is 1.57 bits per heavy atom. The lowest BCUT2D eigenvalue weighted by molar-refractivity contribution is -0.0168. The topological polar surface area (TPSA) is 74.2 Å². The quantitative estimate of drug-likeness (QED) is 0.450. The first kappa shape index (κ1) is 21.7. The Morgan fingerprint density at radius 1 is 0.900 bits per heavy atom. The van der Waals surface area contributed by atoms with Gasteiger partial charge in [0, 0.05) is 42.0 Å². The fourth-order valence-electron chi connectivity index (χ4n) is 3.26. The standard InChI is InChI=1S/C24H22O6/c1-27-16-29-14-6-9-18-8-5-12-21-22(18)23(25)19-10-3-4-11-20(19)24(21,26)13-7-15-30-17-28-2/h3-5,8,10-12,26H,14-17H2,1-2H3. The number of carbonyl (C=O) groups is 1. The number of hydrogen-bond donors (Lipinski definition) is 1. The lowest BCUT2D eigenvalue weighted by atomic mass is 9.73. The Bertz CT molecular complexity index is 1040. The van der Waals surface area contributed by atoms with Crippen LogP contribution in [0, 0.1) is 23.7 Å². The lowest BCUT2D eigenvalue weighted by Crippen LogP contribution is -2.35. The van der Waals surface area contributed by atoms with Gasteiger partial charge in [-0.2, -0.15) is 0 Å². The first-order chi connectivity index (χ1) is 14.6. The maximum Gasteiger partial charge on any atom is 0.195 e. The van der Waals surface area contributed by atoms with Crippen molar-refractivity contribution in [1.29, 1.82) is 0 Å². The maximum atomic E-state index is 13.2. The molecule has 30 heavy (non-hydrogen) atoms. The maximum absolute atomic E-state index is 13.2. The Balaban J connectivity index is 2.06. The zero-order valence-corrected chi connectivity index (χ0v) is 16.9. The number of rotatable bonds is 6. The minimum atomic E-state index is -1.67. The fourth-order valence-corrected chi connectivity index (χ4v) is 3.26. The Labute approximate surface area is 175 Å². The number of benzene rings is 2. The Morgan fingerprint density at radius 3 is 2.30 bits per heavy atom.